The molecule has 0 aliphatic rings. The molecule has 17 heavy (non-hydrogen) atoms. The fourth-order valence-corrected chi connectivity index (χ4v) is 1.85. The fraction of sp³-hybridized carbons (Fsp3) is 0.400. The lowest BCUT2D eigenvalue weighted by molar-refractivity contribution is 0.0524. The molecule has 0 bridgehead atoms. The summed E-state index contributed by atoms with van der Waals surface area (Å²) in [5, 5.41) is -0.0767. The fourth-order valence-electron chi connectivity index (χ4n) is 1.18. The van der Waals surface area contributed by atoms with Gasteiger partial charge in [0.25, 0.3) is 6.43 Å². The largest absolute Gasteiger partial charge is 0.462 e. The van der Waals surface area contributed by atoms with Crippen molar-refractivity contribution in [2.75, 3.05) is 6.61 Å². The third-order valence-corrected chi connectivity index (χ3v) is 2.77. The molecule has 1 aromatic rings. The summed E-state index contributed by atoms with van der Waals surface area (Å²) in [5.41, 5.74) is -0.194. The second-order valence-electron chi connectivity index (χ2n) is 3.02. The van der Waals surface area contributed by atoms with Crippen molar-refractivity contribution in [2.24, 2.45) is 0 Å². The first kappa shape index (κ1) is 14.3. The number of carbonyl (C=O) groups is 1. The Labute approximate surface area is 110 Å². The van der Waals surface area contributed by atoms with E-state index in [1.807, 2.05) is 0 Å². The van der Waals surface area contributed by atoms with Gasteiger partial charge in [0.15, 0.2) is 0 Å². The Bertz CT molecular complexity index is 429. The van der Waals surface area contributed by atoms with Crippen LogP contribution in [0.2, 0.25) is 5.15 Å². The number of hydrogen-bond donors (Lipinski definition) is 0. The first-order valence-corrected chi connectivity index (χ1v) is 6.21. The minimum atomic E-state index is -2.78. The molecule has 0 atom stereocenters. The number of pyridine rings is 1. The van der Waals surface area contributed by atoms with Crippen LogP contribution in [0, 0.1) is 0 Å². The average Bonchev–Trinajstić information content (AvgIpc) is 2.28. The molecule has 0 aromatic carbocycles. The zero-order chi connectivity index (χ0) is 13.0. The Hall–Kier alpha value is -0.750. The van der Waals surface area contributed by atoms with Gasteiger partial charge in [0.2, 0.25) is 0 Å². The molecule has 0 N–H and O–H groups in total. The lowest BCUT2D eigenvalue weighted by Crippen LogP contribution is -2.10. The van der Waals surface area contributed by atoms with Gasteiger partial charge in [-0.1, -0.05) is 27.5 Å². The standard InChI is InChI=1S/C10H9BrClF2NO2/c1-2-17-10(16)5-3-6(9(13)14)8(12)15-7(5)4-11/h3,9H,2,4H2,1H3. The van der Waals surface area contributed by atoms with Crippen LogP contribution in [0.1, 0.15) is 35.0 Å². The summed E-state index contributed by atoms with van der Waals surface area (Å²) in [6, 6.07) is 1.02. The van der Waals surface area contributed by atoms with E-state index in [9.17, 15) is 13.6 Å². The van der Waals surface area contributed by atoms with Crippen molar-refractivity contribution in [1.82, 2.24) is 4.98 Å². The van der Waals surface area contributed by atoms with Crippen molar-refractivity contribution in [1.29, 1.82) is 0 Å². The van der Waals surface area contributed by atoms with Crippen LogP contribution in [0.5, 0.6) is 0 Å². The van der Waals surface area contributed by atoms with Crippen LogP contribution in [-0.2, 0) is 10.1 Å². The number of rotatable bonds is 4. The maximum absolute atomic E-state index is 12.6. The molecule has 0 saturated carbocycles. The Morgan fingerprint density at radius 3 is 2.76 bits per heavy atom. The van der Waals surface area contributed by atoms with Gasteiger partial charge in [-0.15, -0.1) is 0 Å². The normalized spacial score (nSPS) is 10.7. The molecular weight excluding hydrogens is 319 g/mol. The molecule has 3 nitrogen and oxygen atoms in total. The summed E-state index contributed by atoms with van der Waals surface area (Å²) in [5.74, 6) is -0.687. The van der Waals surface area contributed by atoms with Gasteiger partial charge in [0.05, 0.1) is 23.4 Å². The molecule has 0 aliphatic carbocycles. The third-order valence-electron chi connectivity index (χ3n) is 1.94. The van der Waals surface area contributed by atoms with Crippen LogP contribution >= 0.6 is 27.5 Å². The van der Waals surface area contributed by atoms with Crippen molar-refractivity contribution < 1.29 is 18.3 Å². The number of nitrogens with zero attached hydrogens (tertiary/aromatic N) is 1. The van der Waals surface area contributed by atoms with E-state index in [2.05, 4.69) is 20.9 Å². The summed E-state index contributed by atoms with van der Waals surface area (Å²) in [6.45, 7) is 1.79. The Morgan fingerprint density at radius 1 is 1.65 bits per heavy atom. The third kappa shape index (κ3) is 3.35. The van der Waals surface area contributed by atoms with E-state index in [1.165, 1.54) is 0 Å². The van der Waals surface area contributed by atoms with E-state index in [0.29, 0.717) is 0 Å². The number of alkyl halides is 3. The van der Waals surface area contributed by atoms with Crippen molar-refractivity contribution in [3.63, 3.8) is 0 Å². The monoisotopic (exact) mass is 327 g/mol. The van der Waals surface area contributed by atoms with Gasteiger partial charge < -0.3 is 4.74 Å². The lowest BCUT2D eigenvalue weighted by Gasteiger charge is -2.09. The van der Waals surface area contributed by atoms with E-state index < -0.39 is 18.0 Å². The summed E-state index contributed by atoms with van der Waals surface area (Å²) in [4.78, 5) is 15.3. The van der Waals surface area contributed by atoms with Gasteiger partial charge in [0.1, 0.15) is 5.15 Å². The second-order valence-corrected chi connectivity index (χ2v) is 3.94. The number of aromatic nitrogens is 1. The highest BCUT2D eigenvalue weighted by Crippen LogP contribution is 2.28. The highest BCUT2D eigenvalue weighted by molar-refractivity contribution is 9.08. The first-order valence-electron chi connectivity index (χ1n) is 4.71. The van der Waals surface area contributed by atoms with Gasteiger partial charge in [-0.25, -0.2) is 18.6 Å². The number of ether oxygens (including phenoxy) is 1. The Morgan fingerprint density at radius 2 is 2.29 bits per heavy atom. The molecule has 1 rings (SSSR count). The molecule has 1 aromatic heterocycles. The average molecular weight is 329 g/mol. The maximum Gasteiger partial charge on any atom is 0.340 e. The minimum Gasteiger partial charge on any atom is -0.462 e. The van der Waals surface area contributed by atoms with Crippen LogP contribution in [0.15, 0.2) is 6.07 Å². The molecule has 7 heteroatoms. The van der Waals surface area contributed by atoms with Gasteiger partial charge in [-0.2, -0.15) is 0 Å². The number of halogens is 4. The minimum absolute atomic E-state index is 0.00317. The van der Waals surface area contributed by atoms with Crippen LogP contribution < -0.4 is 0 Å². The van der Waals surface area contributed by atoms with Crippen molar-refractivity contribution in [3.05, 3.63) is 28.0 Å². The zero-order valence-corrected chi connectivity index (χ0v) is 11.2. The lowest BCUT2D eigenvalue weighted by atomic mass is 10.1. The van der Waals surface area contributed by atoms with E-state index in [4.69, 9.17) is 16.3 Å². The van der Waals surface area contributed by atoms with E-state index in [-0.39, 0.29) is 28.3 Å². The highest BCUT2D eigenvalue weighted by atomic mass is 79.9. The molecule has 0 spiro atoms. The molecule has 0 amide bonds. The number of esters is 1. The predicted molar refractivity (Wildman–Crippen MR) is 62.8 cm³/mol. The second kappa shape index (κ2) is 6.26. The molecule has 0 fully saturated rings. The van der Waals surface area contributed by atoms with E-state index in [1.54, 1.807) is 6.92 Å². The van der Waals surface area contributed by atoms with Gasteiger partial charge in [-0.3, -0.25) is 0 Å². The smallest absolute Gasteiger partial charge is 0.340 e. The SMILES string of the molecule is CCOC(=O)c1cc(C(F)F)c(Cl)nc1CBr. The van der Waals surface area contributed by atoms with Crippen LogP contribution in [0.3, 0.4) is 0 Å². The molecule has 0 saturated heterocycles. The topological polar surface area (TPSA) is 39.2 Å². The summed E-state index contributed by atoms with van der Waals surface area (Å²) in [6.07, 6.45) is -2.78. The van der Waals surface area contributed by atoms with Crippen LogP contribution in [0.25, 0.3) is 0 Å². The van der Waals surface area contributed by atoms with Gasteiger partial charge >= 0.3 is 5.97 Å². The summed E-state index contributed by atoms with van der Waals surface area (Å²) < 4.78 is 30.0. The quantitative estimate of drug-likeness (QED) is 0.480. The predicted octanol–water partition coefficient (Wildman–Crippen LogP) is 3.74. The van der Waals surface area contributed by atoms with Crippen molar-refractivity contribution in [2.45, 2.75) is 18.7 Å². The van der Waals surface area contributed by atoms with Crippen molar-refractivity contribution >= 4 is 33.5 Å². The molecule has 94 valence electrons. The van der Waals surface area contributed by atoms with Crippen LogP contribution in [-0.4, -0.2) is 17.6 Å². The van der Waals surface area contributed by atoms with Crippen LogP contribution in [0.4, 0.5) is 8.78 Å². The molecule has 1 heterocycles. The molecule has 0 aliphatic heterocycles. The summed E-state index contributed by atoms with van der Waals surface area (Å²) >= 11 is 8.70. The number of carbonyl (C=O) groups excluding carboxylic acids is 1. The Balaban J connectivity index is 3.26. The van der Waals surface area contributed by atoms with Gasteiger partial charge in [-0.05, 0) is 13.0 Å². The van der Waals surface area contributed by atoms with Gasteiger partial charge in [0, 0.05) is 5.33 Å². The Kier molecular flexibility index (Phi) is 5.27. The molecule has 0 radical (unpaired) electrons. The molecule has 0 unspecified atom stereocenters. The molecular formula is C10H9BrClF2NO2. The summed E-state index contributed by atoms with van der Waals surface area (Å²) in [7, 11) is 0. The maximum atomic E-state index is 12.6. The first-order chi connectivity index (χ1) is 8.01. The highest BCUT2D eigenvalue weighted by Gasteiger charge is 2.21. The number of hydrogen-bond acceptors (Lipinski definition) is 3. The van der Waals surface area contributed by atoms with E-state index in [0.717, 1.165) is 6.07 Å². The zero-order valence-electron chi connectivity index (χ0n) is 8.84. The van der Waals surface area contributed by atoms with E-state index >= 15 is 0 Å². The van der Waals surface area contributed by atoms with Crippen molar-refractivity contribution in [3.8, 4) is 0 Å².